The Morgan fingerprint density at radius 3 is 2.71 bits per heavy atom. The molecule has 2 rings (SSSR count). The van der Waals surface area contributed by atoms with E-state index in [0.717, 1.165) is 0 Å². The Hall–Kier alpha value is -2.21. The van der Waals surface area contributed by atoms with Crippen LogP contribution in [0.1, 0.15) is 23.1 Å². The van der Waals surface area contributed by atoms with Crippen LogP contribution in [0, 0.1) is 0 Å². The van der Waals surface area contributed by atoms with Crippen LogP contribution in [-0.4, -0.2) is 27.2 Å². The number of rotatable bonds is 6. The fraction of sp³-hybridized carbons (Fsp3) is 0.286. The highest BCUT2D eigenvalue weighted by atomic mass is 35.5. The average Bonchev–Trinajstić information content (AvgIpc) is 2.77. The minimum Gasteiger partial charge on any atom is -0.490 e. The number of benzene rings is 1. The molecule has 2 aromatic rings. The van der Waals surface area contributed by atoms with Crippen LogP contribution in [-0.2, 0) is 13.7 Å². The van der Waals surface area contributed by atoms with E-state index in [1.54, 1.807) is 17.7 Å². The number of aromatic nitrogens is 2. The van der Waals surface area contributed by atoms with E-state index in [4.69, 9.17) is 26.2 Å². The van der Waals surface area contributed by atoms with Gasteiger partial charge in [-0.3, -0.25) is 0 Å². The topological polar surface area (TPSA) is 73.6 Å². The monoisotopic (exact) mass is 310 g/mol. The van der Waals surface area contributed by atoms with Gasteiger partial charge in [0.2, 0.25) is 0 Å². The van der Waals surface area contributed by atoms with Crippen molar-refractivity contribution in [2.24, 2.45) is 7.05 Å². The number of imidazole rings is 1. The molecule has 0 atom stereocenters. The molecule has 0 aliphatic heterocycles. The van der Waals surface area contributed by atoms with Gasteiger partial charge in [-0.2, -0.15) is 0 Å². The first-order chi connectivity index (χ1) is 10.0. The van der Waals surface area contributed by atoms with E-state index >= 15 is 0 Å². The quantitative estimate of drug-likeness (QED) is 0.888. The predicted molar refractivity (Wildman–Crippen MR) is 77.1 cm³/mol. The Labute approximate surface area is 126 Å². The standard InChI is InChI=1S/C14H15ClN2O4/c1-3-20-11-6-9(14(18)19)4-5-10(11)21-8-13-16-7-12(15)17(13)2/h4-7H,3,8H2,1-2H3,(H,18,19). The van der Waals surface area contributed by atoms with Gasteiger partial charge < -0.3 is 19.1 Å². The van der Waals surface area contributed by atoms with Crippen molar-refractivity contribution in [3.63, 3.8) is 0 Å². The predicted octanol–water partition coefficient (Wildman–Crippen LogP) is 2.75. The van der Waals surface area contributed by atoms with Gasteiger partial charge in [0.1, 0.15) is 17.6 Å². The third kappa shape index (κ3) is 3.46. The lowest BCUT2D eigenvalue weighted by Gasteiger charge is -2.12. The van der Waals surface area contributed by atoms with Crippen molar-refractivity contribution < 1.29 is 19.4 Å². The van der Waals surface area contributed by atoms with E-state index in [9.17, 15) is 4.79 Å². The number of carboxylic acid groups (broad SMARTS) is 1. The lowest BCUT2D eigenvalue weighted by atomic mass is 10.2. The van der Waals surface area contributed by atoms with Gasteiger partial charge in [0.05, 0.1) is 18.4 Å². The first-order valence-corrected chi connectivity index (χ1v) is 6.69. The molecule has 0 saturated carbocycles. The van der Waals surface area contributed by atoms with Crippen LogP contribution in [0.25, 0.3) is 0 Å². The number of halogens is 1. The summed E-state index contributed by atoms with van der Waals surface area (Å²) in [5.74, 6) is 0.488. The summed E-state index contributed by atoms with van der Waals surface area (Å²) in [4.78, 5) is 15.1. The second-order valence-corrected chi connectivity index (χ2v) is 4.63. The Morgan fingerprint density at radius 2 is 2.14 bits per heavy atom. The minimum atomic E-state index is -1.02. The van der Waals surface area contributed by atoms with E-state index in [1.165, 1.54) is 18.3 Å². The Morgan fingerprint density at radius 1 is 1.38 bits per heavy atom. The van der Waals surface area contributed by atoms with Gasteiger partial charge in [0.15, 0.2) is 11.5 Å². The van der Waals surface area contributed by atoms with Crippen LogP contribution < -0.4 is 9.47 Å². The zero-order valence-electron chi connectivity index (χ0n) is 11.7. The fourth-order valence-corrected chi connectivity index (χ4v) is 1.88. The molecule has 21 heavy (non-hydrogen) atoms. The van der Waals surface area contributed by atoms with Crippen LogP contribution in [0.3, 0.4) is 0 Å². The Balaban J connectivity index is 2.18. The highest BCUT2D eigenvalue weighted by Gasteiger charge is 2.12. The molecule has 0 spiro atoms. The molecular weight excluding hydrogens is 296 g/mol. The van der Waals surface area contributed by atoms with Gasteiger partial charge in [0.25, 0.3) is 0 Å². The fourth-order valence-electron chi connectivity index (χ4n) is 1.73. The van der Waals surface area contributed by atoms with E-state index in [2.05, 4.69) is 4.98 Å². The normalized spacial score (nSPS) is 10.4. The molecule has 0 bridgehead atoms. The second kappa shape index (κ2) is 6.49. The Kier molecular flexibility index (Phi) is 4.70. The van der Waals surface area contributed by atoms with Gasteiger partial charge >= 0.3 is 5.97 Å². The number of carboxylic acids is 1. The first-order valence-electron chi connectivity index (χ1n) is 6.32. The molecule has 0 aliphatic carbocycles. The summed E-state index contributed by atoms with van der Waals surface area (Å²) in [7, 11) is 1.78. The number of hydrogen-bond donors (Lipinski definition) is 1. The van der Waals surface area contributed by atoms with Crippen molar-refractivity contribution in [1.82, 2.24) is 9.55 Å². The van der Waals surface area contributed by atoms with Crippen LogP contribution in [0.4, 0.5) is 0 Å². The van der Waals surface area contributed by atoms with Crippen LogP contribution in [0.15, 0.2) is 24.4 Å². The van der Waals surface area contributed by atoms with Gasteiger partial charge in [-0.15, -0.1) is 0 Å². The molecule has 0 unspecified atom stereocenters. The van der Waals surface area contributed by atoms with Gasteiger partial charge in [-0.1, -0.05) is 11.6 Å². The first kappa shape index (κ1) is 15.2. The number of aromatic carboxylic acids is 1. The maximum Gasteiger partial charge on any atom is 0.335 e. The zero-order chi connectivity index (χ0) is 15.4. The van der Waals surface area contributed by atoms with Gasteiger partial charge in [-0.25, -0.2) is 9.78 Å². The molecule has 112 valence electrons. The highest BCUT2D eigenvalue weighted by Crippen LogP contribution is 2.29. The zero-order valence-corrected chi connectivity index (χ0v) is 12.4. The lowest BCUT2D eigenvalue weighted by Crippen LogP contribution is -2.06. The van der Waals surface area contributed by atoms with Crippen molar-refractivity contribution in [3.05, 3.63) is 40.9 Å². The molecule has 0 fully saturated rings. The third-order valence-corrected chi connectivity index (χ3v) is 3.23. The summed E-state index contributed by atoms with van der Waals surface area (Å²) in [5, 5.41) is 9.50. The third-order valence-electron chi connectivity index (χ3n) is 2.87. The van der Waals surface area contributed by atoms with Crippen LogP contribution in [0.2, 0.25) is 5.15 Å². The number of nitrogens with zero attached hydrogens (tertiary/aromatic N) is 2. The number of ether oxygens (including phenoxy) is 2. The molecule has 0 amide bonds. The highest BCUT2D eigenvalue weighted by molar-refractivity contribution is 6.29. The SMILES string of the molecule is CCOc1cc(C(=O)O)ccc1OCc1ncc(Cl)n1C. The molecule has 0 aliphatic rings. The van der Waals surface area contributed by atoms with E-state index in [-0.39, 0.29) is 12.2 Å². The molecule has 1 N–H and O–H groups in total. The van der Waals surface area contributed by atoms with Crippen molar-refractivity contribution in [1.29, 1.82) is 0 Å². The molecule has 7 heteroatoms. The molecule has 0 radical (unpaired) electrons. The smallest absolute Gasteiger partial charge is 0.335 e. The molecule has 1 heterocycles. The molecular formula is C14H15ClN2O4. The average molecular weight is 311 g/mol. The van der Waals surface area contributed by atoms with Crippen LogP contribution >= 0.6 is 11.6 Å². The molecule has 1 aromatic heterocycles. The maximum atomic E-state index is 11.0. The van der Waals surface area contributed by atoms with E-state index in [1.807, 2.05) is 6.92 Å². The lowest BCUT2D eigenvalue weighted by molar-refractivity contribution is 0.0696. The minimum absolute atomic E-state index is 0.144. The molecule has 0 saturated heterocycles. The largest absolute Gasteiger partial charge is 0.490 e. The molecule has 6 nitrogen and oxygen atoms in total. The maximum absolute atomic E-state index is 11.0. The van der Waals surface area contributed by atoms with E-state index in [0.29, 0.717) is 29.1 Å². The second-order valence-electron chi connectivity index (χ2n) is 4.24. The van der Waals surface area contributed by atoms with Crippen molar-refractivity contribution in [2.45, 2.75) is 13.5 Å². The summed E-state index contributed by atoms with van der Waals surface area (Å²) >= 11 is 5.90. The summed E-state index contributed by atoms with van der Waals surface area (Å²) in [5.41, 5.74) is 0.144. The van der Waals surface area contributed by atoms with E-state index < -0.39 is 5.97 Å². The number of carbonyl (C=O) groups is 1. The van der Waals surface area contributed by atoms with Crippen molar-refractivity contribution >= 4 is 17.6 Å². The van der Waals surface area contributed by atoms with Crippen molar-refractivity contribution in [2.75, 3.05) is 6.61 Å². The van der Waals surface area contributed by atoms with Crippen LogP contribution in [0.5, 0.6) is 11.5 Å². The molecule has 1 aromatic carbocycles. The van der Waals surface area contributed by atoms with Gasteiger partial charge in [0, 0.05) is 7.05 Å². The van der Waals surface area contributed by atoms with Crippen molar-refractivity contribution in [3.8, 4) is 11.5 Å². The summed E-state index contributed by atoms with van der Waals surface area (Å²) < 4.78 is 12.8. The Bertz CT molecular complexity index is 654. The van der Waals surface area contributed by atoms with Gasteiger partial charge in [-0.05, 0) is 25.1 Å². The summed E-state index contributed by atoms with van der Waals surface area (Å²) in [6.45, 7) is 2.43. The summed E-state index contributed by atoms with van der Waals surface area (Å²) in [6, 6.07) is 4.47. The number of hydrogen-bond acceptors (Lipinski definition) is 4. The summed E-state index contributed by atoms with van der Waals surface area (Å²) in [6.07, 6.45) is 1.54.